The van der Waals surface area contributed by atoms with E-state index in [2.05, 4.69) is 14.5 Å². The second kappa shape index (κ2) is 8.23. The number of nitriles is 3. The zero-order valence-electron chi connectivity index (χ0n) is 18.2. The molecule has 0 fully saturated rings. The molecular weight excluding hydrogens is 448 g/mol. The Morgan fingerprint density at radius 3 is 1.53 bits per heavy atom. The van der Waals surface area contributed by atoms with E-state index < -0.39 is 0 Å². The van der Waals surface area contributed by atoms with Gasteiger partial charge in [0.1, 0.15) is 0 Å². The van der Waals surface area contributed by atoms with Crippen LogP contribution in [0.4, 0.5) is 0 Å². The SMILES string of the molecule is [C-]#[N+]/C(C#N)=c1/c2ccccc2/c(=C(\C#N)[N+]#[C-])c2nc3c(nc12)/C(=C(\C#N)[N+]#[C-])c1ccccc1-3. The van der Waals surface area contributed by atoms with E-state index in [-0.39, 0.29) is 44.3 Å². The van der Waals surface area contributed by atoms with Crippen molar-refractivity contribution in [1.29, 1.82) is 15.8 Å². The quantitative estimate of drug-likeness (QED) is 0.198. The largest absolute Gasteiger partial charge is 0.271 e. The summed E-state index contributed by atoms with van der Waals surface area (Å²) in [6.45, 7) is 22.7. The second-order valence-electron chi connectivity index (χ2n) is 7.55. The van der Waals surface area contributed by atoms with Gasteiger partial charge in [0.05, 0.1) is 60.3 Å². The summed E-state index contributed by atoms with van der Waals surface area (Å²) in [6, 6.07) is 19.7. The number of rotatable bonds is 0. The van der Waals surface area contributed by atoms with Crippen LogP contribution in [0, 0.1) is 53.7 Å². The molecule has 0 saturated heterocycles. The molecule has 1 aliphatic carbocycles. The third kappa shape index (κ3) is 2.81. The molecule has 0 unspecified atom stereocenters. The molecule has 0 atom stereocenters. The smallest absolute Gasteiger partial charge is 0.246 e. The van der Waals surface area contributed by atoms with E-state index in [4.69, 9.17) is 29.7 Å². The first-order valence-electron chi connectivity index (χ1n) is 10.3. The van der Waals surface area contributed by atoms with Crippen molar-refractivity contribution in [3.63, 3.8) is 0 Å². The van der Waals surface area contributed by atoms with Crippen LogP contribution in [0.5, 0.6) is 0 Å². The van der Waals surface area contributed by atoms with Crippen LogP contribution in [0.25, 0.3) is 64.6 Å². The van der Waals surface area contributed by atoms with Crippen molar-refractivity contribution < 1.29 is 0 Å². The summed E-state index contributed by atoms with van der Waals surface area (Å²) >= 11 is 0. The van der Waals surface area contributed by atoms with Gasteiger partial charge >= 0.3 is 0 Å². The average molecular weight is 456 g/mol. The molecule has 0 aliphatic heterocycles. The first-order chi connectivity index (χ1) is 17.6. The Morgan fingerprint density at radius 2 is 1.06 bits per heavy atom. The topological polar surface area (TPSA) is 110 Å². The first-order valence-corrected chi connectivity index (χ1v) is 10.3. The fraction of sp³-hybridized carbons (Fsp3) is 0. The molecule has 3 aromatic carbocycles. The minimum atomic E-state index is -0.231. The van der Waals surface area contributed by atoms with E-state index in [1.165, 1.54) is 0 Å². The van der Waals surface area contributed by atoms with Crippen molar-refractivity contribution in [1.82, 2.24) is 9.97 Å². The minimum Gasteiger partial charge on any atom is -0.246 e. The van der Waals surface area contributed by atoms with E-state index in [9.17, 15) is 15.8 Å². The van der Waals surface area contributed by atoms with Crippen LogP contribution in [0.2, 0.25) is 0 Å². The Bertz CT molecular complexity index is 2060. The number of hydrogen-bond donors (Lipinski definition) is 0. The molecule has 4 aromatic rings. The van der Waals surface area contributed by atoms with Crippen molar-refractivity contribution >= 4 is 38.8 Å². The lowest BCUT2D eigenvalue weighted by Crippen LogP contribution is -2.21. The number of aromatic nitrogens is 2. The Hall–Kier alpha value is -6.32. The van der Waals surface area contributed by atoms with E-state index in [1.807, 2.05) is 18.2 Å². The molecule has 0 bridgehead atoms. The van der Waals surface area contributed by atoms with Crippen molar-refractivity contribution in [3.8, 4) is 29.5 Å². The Kier molecular flexibility index (Phi) is 4.92. The zero-order valence-corrected chi connectivity index (χ0v) is 18.2. The number of benzene rings is 3. The molecule has 160 valence electrons. The molecule has 36 heavy (non-hydrogen) atoms. The van der Waals surface area contributed by atoms with E-state index in [0.717, 1.165) is 0 Å². The molecule has 1 aromatic heterocycles. The summed E-state index contributed by atoms with van der Waals surface area (Å²) in [5.74, 6) is 0. The molecule has 1 aliphatic rings. The normalized spacial score (nSPS) is 14.1. The van der Waals surface area contributed by atoms with Gasteiger partial charge in [-0.25, -0.2) is 40.3 Å². The third-order valence-corrected chi connectivity index (χ3v) is 5.89. The number of fused-ring (bicyclic) bond motifs is 5. The van der Waals surface area contributed by atoms with Gasteiger partial charge in [0, 0.05) is 21.6 Å². The Balaban J connectivity index is 2.22. The van der Waals surface area contributed by atoms with Gasteiger partial charge in [0.15, 0.2) is 0 Å². The minimum absolute atomic E-state index is 0.138. The van der Waals surface area contributed by atoms with Crippen LogP contribution in [-0.4, -0.2) is 9.97 Å². The van der Waals surface area contributed by atoms with Gasteiger partial charge in [-0.3, -0.25) is 0 Å². The second-order valence-corrected chi connectivity index (χ2v) is 7.55. The molecule has 0 radical (unpaired) electrons. The zero-order chi connectivity index (χ0) is 25.4. The molecule has 5 rings (SSSR count). The molecule has 0 saturated carbocycles. The summed E-state index contributed by atoms with van der Waals surface area (Å²) in [7, 11) is 0. The predicted molar refractivity (Wildman–Crippen MR) is 131 cm³/mol. The van der Waals surface area contributed by atoms with Gasteiger partial charge in [0.25, 0.3) is 17.1 Å². The number of nitrogens with zero attached hydrogens (tertiary/aromatic N) is 8. The van der Waals surface area contributed by atoms with Crippen molar-refractivity contribution in [2.75, 3.05) is 0 Å². The highest BCUT2D eigenvalue weighted by Gasteiger charge is 2.30. The van der Waals surface area contributed by atoms with Crippen LogP contribution in [0.3, 0.4) is 0 Å². The average Bonchev–Trinajstić information content (AvgIpc) is 3.24. The van der Waals surface area contributed by atoms with E-state index in [0.29, 0.717) is 33.2 Å². The molecule has 0 N–H and O–H groups in total. The molecular formula is C28H8N8. The van der Waals surface area contributed by atoms with Crippen molar-refractivity contribution in [3.05, 3.63) is 110 Å². The maximum atomic E-state index is 9.77. The Labute approximate surface area is 204 Å². The highest BCUT2D eigenvalue weighted by atomic mass is 14.9. The summed E-state index contributed by atoms with van der Waals surface area (Å²) < 4.78 is 0. The fourth-order valence-electron chi connectivity index (χ4n) is 4.49. The molecule has 8 nitrogen and oxygen atoms in total. The predicted octanol–water partition coefficient (Wildman–Crippen LogP) is 4.07. The lowest BCUT2D eigenvalue weighted by Gasteiger charge is -2.10. The van der Waals surface area contributed by atoms with Gasteiger partial charge in [-0.2, -0.15) is 0 Å². The number of allylic oxidation sites excluding steroid dienone is 1. The Morgan fingerprint density at radius 1 is 0.611 bits per heavy atom. The van der Waals surface area contributed by atoms with Crippen molar-refractivity contribution in [2.45, 2.75) is 0 Å². The van der Waals surface area contributed by atoms with Gasteiger partial charge in [-0.05, 0) is 16.3 Å². The van der Waals surface area contributed by atoms with Crippen LogP contribution in [0.1, 0.15) is 11.3 Å². The van der Waals surface area contributed by atoms with Gasteiger partial charge in [-0.15, -0.1) is 0 Å². The molecule has 8 heteroatoms. The highest BCUT2D eigenvalue weighted by Crippen LogP contribution is 2.44. The molecule has 0 amide bonds. The van der Waals surface area contributed by atoms with Crippen LogP contribution >= 0.6 is 0 Å². The maximum Gasteiger partial charge on any atom is 0.271 e. The highest BCUT2D eigenvalue weighted by molar-refractivity contribution is 6.06. The lowest BCUT2D eigenvalue weighted by atomic mass is 10.0. The van der Waals surface area contributed by atoms with Crippen LogP contribution < -0.4 is 10.4 Å². The third-order valence-electron chi connectivity index (χ3n) is 5.89. The fourth-order valence-corrected chi connectivity index (χ4v) is 4.49. The maximum absolute atomic E-state index is 9.77. The van der Waals surface area contributed by atoms with Gasteiger partial charge in [0.2, 0.25) is 0 Å². The summed E-state index contributed by atoms with van der Waals surface area (Å²) in [4.78, 5) is 19.8. The van der Waals surface area contributed by atoms with E-state index >= 15 is 0 Å². The van der Waals surface area contributed by atoms with E-state index in [1.54, 1.807) is 48.5 Å². The van der Waals surface area contributed by atoms with Gasteiger partial charge < -0.3 is 0 Å². The molecule has 0 spiro atoms. The summed E-state index contributed by atoms with van der Waals surface area (Å²) in [5, 5.41) is 30.6. The lowest BCUT2D eigenvalue weighted by molar-refractivity contribution is 1.26. The van der Waals surface area contributed by atoms with Gasteiger partial charge in [-0.1, -0.05) is 48.5 Å². The van der Waals surface area contributed by atoms with Crippen LogP contribution in [0.15, 0.2) is 54.2 Å². The monoisotopic (exact) mass is 456 g/mol. The number of hydrogen-bond acceptors (Lipinski definition) is 5. The first kappa shape index (κ1) is 21.5. The van der Waals surface area contributed by atoms with Crippen molar-refractivity contribution in [2.24, 2.45) is 0 Å². The standard InChI is InChI=1S/C28H8N8/c1-32-19(12-29)22-15-8-4-5-9-16(15)23(20(13-30)33-2)28-27(22)35-25-18-11-7-6-10-17(18)24(26(25)36-28)21(14-31)34-3/h4-11H/b22-19-,23-20-,24-21+. The summed E-state index contributed by atoms with van der Waals surface area (Å²) in [5.41, 5.74) is 1.92. The summed E-state index contributed by atoms with van der Waals surface area (Å²) in [6.07, 6.45) is 0. The molecule has 1 heterocycles. The van der Waals surface area contributed by atoms with Crippen LogP contribution in [-0.2, 0) is 0 Å².